The molecule has 0 aromatic heterocycles. The van der Waals surface area contributed by atoms with Gasteiger partial charge in [0, 0.05) is 31.2 Å². The lowest BCUT2D eigenvalue weighted by atomic mass is 9.92. The van der Waals surface area contributed by atoms with Crippen molar-refractivity contribution < 1.29 is 13.2 Å². The topological polar surface area (TPSA) is 70.7 Å². The zero-order valence-electron chi connectivity index (χ0n) is 20.6. The van der Waals surface area contributed by atoms with E-state index in [9.17, 15) is 8.42 Å². The van der Waals surface area contributed by atoms with Gasteiger partial charge in [-0.15, -0.1) is 24.8 Å². The minimum Gasteiger partial charge on any atom is -0.496 e. The highest BCUT2D eigenvalue weighted by molar-refractivity contribution is 7.92. The van der Waals surface area contributed by atoms with Gasteiger partial charge in [0.1, 0.15) is 5.75 Å². The van der Waals surface area contributed by atoms with Gasteiger partial charge < -0.3 is 15.4 Å². The smallest absolute Gasteiger partial charge is 0.239 e. The van der Waals surface area contributed by atoms with Crippen LogP contribution in [0.5, 0.6) is 5.75 Å². The molecule has 1 aliphatic rings. The zero-order valence-corrected chi connectivity index (χ0v) is 23.0. The molecule has 3 aromatic carbocycles. The normalized spacial score (nSPS) is 17.4. The number of nitrogens with zero attached hydrogens (tertiary/aromatic N) is 1. The van der Waals surface area contributed by atoms with Crippen LogP contribution in [0.4, 0.5) is 5.69 Å². The predicted molar refractivity (Wildman–Crippen MR) is 152 cm³/mol. The second-order valence-electron chi connectivity index (χ2n) is 8.68. The van der Waals surface area contributed by atoms with Crippen LogP contribution in [-0.4, -0.2) is 35.2 Å². The molecule has 2 N–H and O–H groups in total. The first kappa shape index (κ1) is 29.9. The number of piperidine rings is 1. The summed E-state index contributed by atoms with van der Waals surface area (Å²) in [5.41, 5.74) is 3.59. The molecule has 0 radical (unpaired) electrons. The van der Waals surface area contributed by atoms with Crippen LogP contribution in [0.15, 0.2) is 78.9 Å². The summed E-state index contributed by atoms with van der Waals surface area (Å²) in [7, 11) is -0.274. The second kappa shape index (κ2) is 13.9. The van der Waals surface area contributed by atoms with Crippen molar-refractivity contribution in [2.75, 3.05) is 25.0 Å². The Hall–Kier alpha value is -2.29. The lowest BCUT2D eigenvalue weighted by molar-refractivity contribution is 0.303. The molecule has 1 heterocycles. The maximum Gasteiger partial charge on any atom is 0.239 e. The van der Waals surface area contributed by atoms with E-state index >= 15 is 0 Å². The lowest BCUT2D eigenvalue weighted by Crippen LogP contribution is -2.45. The molecule has 0 spiro atoms. The summed E-state index contributed by atoms with van der Waals surface area (Å²) in [6, 6.07) is 25.8. The van der Waals surface area contributed by atoms with Gasteiger partial charge in [0.05, 0.1) is 18.6 Å². The highest BCUT2D eigenvalue weighted by atomic mass is 35.5. The maximum atomic E-state index is 13.0. The third-order valence-corrected chi connectivity index (χ3v) is 8.15. The number of anilines is 1. The van der Waals surface area contributed by atoms with Crippen LogP contribution in [-0.2, 0) is 22.3 Å². The Morgan fingerprint density at radius 1 is 1.00 bits per heavy atom. The Bertz CT molecular complexity index is 1180. The second-order valence-corrected chi connectivity index (χ2v) is 10.7. The van der Waals surface area contributed by atoms with E-state index in [0.29, 0.717) is 12.2 Å². The Morgan fingerprint density at radius 3 is 2.33 bits per heavy atom. The summed E-state index contributed by atoms with van der Waals surface area (Å²) in [5, 5.41) is 7.34. The zero-order chi connectivity index (χ0) is 24.0. The number of methoxy groups -OCH3 is 1. The van der Waals surface area contributed by atoms with E-state index in [1.54, 1.807) is 20.2 Å². The quantitative estimate of drug-likeness (QED) is 0.387. The van der Waals surface area contributed by atoms with Crippen LogP contribution in [0.3, 0.4) is 0 Å². The number of benzene rings is 3. The van der Waals surface area contributed by atoms with Crippen LogP contribution in [0.2, 0.25) is 0 Å². The van der Waals surface area contributed by atoms with Gasteiger partial charge in [-0.3, -0.25) is 4.31 Å². The van der Waals surface area contributed by atoms with Crippen molar-refractivity contribution in [1.29, 1.82) is 0 Å². The number of hydrogen-bond acceptors (Lipinski definition) is 5. The highest BCUT2D eigenvalue weighted by Crippen LogP contribution is 2.29. The van der Waals surface area contributed by atoms with E-state index in [1.165, 1.54) is 9.87 Å². The van der Waals surface area contributed by atoms with Crippen LogP contribution in [0.1, 0.15) is 35.6 Å². The molecule has 2 atom stereocenters. The van der Waals surface area contributed by atoms with Gasteiger partial charge in [-0.2, -0.15) is 0 Å². The molecule has 1 fully saturated rings. The Kier molecular flexibility index (Phi) is 11.5. The van der Waals surface area contributed by atoms with Crippen molar-refractivity contribution in [3.05, 3.63) is 95.6 Å². The number of hydrogen-bond donors (Lipinski definition) is 2. The summed E-state index contributed by atoms with van der Waals surface area (Å²) in [4.78, 5) is 0. The van der Waals surface area contributed by atoms with Crippen molar-refractivity contribution in [2.45, 2.75) is 37.2 Å². The summed E-state index contributed by atoms with van der Waals surface area (Å²) >= 11 is 0. The van der Waals surface area contributed by atoms with Gasteiger partial charge in [0.15, 0.2) is 0 Å². The molecule has 0 unspecified atom stereocenters. The van der Waals surface area contributed by atoms with Crippen LogP contribution in [0, 0.1) is 0 Å². The van der Waals surface area contributed by atoms with Gasteiger partial charge >= 0.3 is 0 Å². The third kappa shape index (κ3) is 7.37. The van der Waals surface area contributed by atoms with Crippen LogP contribution >= 0.6 is 24.8 Å². The minimum absolute atomic E-state index is 0. The molecular weight excluding hydrogens is 517 g/mol. The number of rotatable bonds is 9. The van der Waals surface area contributed by atoms with Gasteiger partial charge in [-0.05, 0) is 48.7 Å². The van der Waals surface area contributed by atoms with E-state index in [2.05, 4.69) is 34.9 Å². The summed E-state index contributed by atoms with van der Waals surface area (Å²) in [6.45, 7) is 1.58. The highest BCUT2D eigenvalue weighted by Gasteiger charge is 2.26. The number of halogens is 2. The van der Waals surface area contributed by atoms with Crippen molar-refractivity contribution in [1.82, 2.24) is 10.6 Å². The van der Waals surface area contributed by atoms with Crippen LogP contribution in [0.25, 0.3) is 0 Å². The molecule has 0 bridgehead atoms. The summed E-state index contributed by atoms with van der Waals surface area (Å²) in [6.07, 6.45) is 2.18. The average Bonchev–Trinajstić information content (AvgIpc) is 2.88. The lowest BCUT2D eigenvalue weighted by Gasteiger charge is -2.34. The molecule has 9 heteroatoms. The Labute approximate surface area is 227 Å². The van der Waals surface area contributed by atoms with Gasteiger partial charge in [-0.25, -0.2) is 8.42 Å². The van der Waals surface area contributed by atoms with Crippen molar-refractivity contribution in [2.24, 2.45) is 0 Å². The van der Waals surface area contributed by atoms with Gasteiger partial charge in [-0.1, -0.05) is 60.7 Å². The largest absolute Gasteiger partial charge is 0.496 e. The molecule has 6 nitrogen and oxygen atoms in total. The van der Waals surface area contributed by atoms with Crippen molar-refractivity contribution >= 4 is 40.5 Å². The fourth-order valence-corrected chi connectivity index (χ4v) is 5.74. The average molecular weight is 553 g/mol. The van der Waals surface area contributed by atoms with E-state index in [0.717, 1.165) is 36.3 Å². The first-order valence-electron chi connectivity index (χ1n) is 11.7. The van der Waals surface area contributed by atoms with Gasteiger partial charge in [0.2, 0.25) is 10.0 Å². The minimum atomic E-state index is -3.52. The number of ether oxygens (including phenoxy) is 1. The molecule has 36 heavy (non-hydrogen) atoms. The predicted octanol–water partition coefficient (Wildman–Crippen LogP) is 5.09. The molecule has 0 saturated carbocycles. The van der Waals surface area contributed by atoms with Gasteiger partial charge in [0.25, 0.3) is 0 Å². The standard InChI is InChI=1S/C27H33N3O3S.2ClH/c1-30(34(31,32)20-21-10-5-3-6-11-21)24-15-16-26(33-2)23(18-24)19-29-25-14-9-17-28-27(25)22-12-7-4-8-13-22;;/h3-8,10-13,15-16,18,25,27-29H,9,14,17,19-20H2,1-2H3;2*1H/t25-,27-;;/m1../s1. The molecule has 196 valence electrons. The van der Waals surface area contributed by atoms with Crippen LogP contribution < -0.4 is 19.7 Å². The SMILES string of the molecule is COc1ccc(N(C)S(=O)(=O)Cc2ccccc2)cc1CN[C@@H]1CCCN[C@@H]1c1ccccc1.Cl.Cl. The fourth-order valence-electron chi connectivity index (χ4n) is 4.50. The first-order chi connectivity index (χ1) is 16.5. The summed E-state index contributed by atoms with van der Waals surface area (Å²) < 4.78 is 33.0. The maximum absolute atomic E-state index is 13.0. The molecular formula is C27H35Cl2N3O3S. The Morgan fingerprint density at radius 2 is 1.67 bits per heavy atom. The molecule has 4 rings (SSSR count). The molecule has 1 saturated heterocycles. The number of nitrogens with one attached hydrogen (secondary N) is 2. The van der Waals surface area contributed by atoms with E-state index in [1.807, 2.05) is 48.5 Å². The molecule has 3 aromatic rings. The van der Waals surface area contributed by atoms with E-state index in [4.69, 9.17) is 4.74 Å². The number of sulfonamides is 1. The third-order valence-electron chi connectivity index (χ3n) is 6.41. The van der Waals surface area contributed by atoms with Crippen molar-refractivity contribution in [3.63, 3.8) is 0 Å². The molecule has 1 aliphatic heterocycles. The van der Waals surface area contributed by atoms with Crippen molar-refractivity contribution in [3.8, 4) is 5.75 Å². The molecule has 0 amide bonds. The fraction of sp³-hybridized carbons (Fsp3) is 0.333. The first-order valence-corrected chi connectivity index (χ1v) is 13.3. The monoisotopic (exact) mass is 551 g/mol. The van der Waals surface area contributed by atoms with E-state index in [-0.39, 0.29) is 42.7 Å². The van der Waals surface area contributed by atoms with E-state index < -0.39 is 10.0 Å². The molecule has 0 aliphatic carbocycles. The summed E-state index contributed by atoms with van der Waals surface area (Å²) in [5.74, 6) is 0.696. The Balaban J connectivity index is 0.00000228.